The predicted octanol–water partition coefficient (Wildman–Crippen LogP) is 0.677. The summed E-state index contributed by atoms with van der Waals surface area (Å²) in [5.41, 5.74) is -0.0771. The molecule has 6 nitrogen and oxygen atoms in total. The van der Waals surface area contributed by atoms with Gasteiger partial charge in [0.1, 0.15) is 17.1 Å². The van der Waals surface area contributed by atoms with Gasteiger partial charge in [-0.3, -0.25) is 14.5 Å². The van der Waals surface area contributed by atoms with Crippen molar-refractivity contribution in [1.82, 2.24) is 9.80 Å². The number of methoxy groups -OCH3 is 1. The number of piperazine rings is 1. The molecule has 1 aliphatic heterocycles. The summed E-state index contributed by atoms with van der Waals surface area (Å²) < 4.78 is 18.9. The fraction of sp³-hybridized carbons (Fsp3) is 0.429. The summed E-state index contributed by atoms with van der Waals surface area (Å²) in [5, 5.41) is 8.74. The molecule has 0 spiro atoms. The third kappa shape index (κ3) is 3.49. The average molecular weight is 296 g/mol. The number of ether oxygens (including phenoxy) is 1. The van der Waals surface area contributed by atoms with Gasteiger partial charge in [-0.2, -0.15) is 0 Å². The highest BCUT2D eigenvalue weighted by Crippen LogP contribution is 2.23. The van der Waals surface area contributed by atoms with Gasteiger partial charge in [-0.05, 0) is 12.1 Å². The molecule has 0 unspecified atom stereocenters. The molecule has 1 amide bonds. The monoisotopic (exact) mass is 296 g/mol. The SMILES string of the molecule is COc1cccc(F)c1C(=O)N1CCN(CC(=O)O)CC1. The summed E-state index contributed by atoms with van der Waals surface area (Å²) in [6.07, 6.45) is 0. The van der Waals surface area contributed by atoms with Crippen LogP contribution in [0.15, 0.2) is 18.2 Å². The molecular formula is C14H17FN2O4. The molecule has 1 N–H and O–H groups in total. The third-order valence-electron chi connectivity index (χ3n) is 3.43. The number of hydrogen-bond acceptors (Lipinski definition) is 4. The molecular weight excluding hydrogens is 279 g/mol. The number of hydrogen-bond donors (Lipinski definition) is 1. The normalized spacial score (nSPS) is 15.8. The van der Waals surface area contributed by atoms with Gasteiger partial charge in [0.05, 0.1) is 13.7 Å². The molecule has 0 atom stereocenters. The van der Waals surface area contributed by atoms with Crippen LogP contribution in [0.2, 0.25) is 0 Å². The van der Waals surface area contributed by atoms with Crippen molar-refractivity contribution in [3.63, 3.8) is 0 Å². The summed E-state index contributed by atoms with van der Waals surface area (Å²) >= 11 is 0. The van der Waals surface area contributed by atoms with E-state index in [0.717, 1.165) is 0 Å². The quantitative estimate of drug-likeness (QED) is 0.884. The van der Waals surface area contributed by atoms with E-state index in [2.05, 4.69) is 0 Å². The van der Waals surface area contributed by atoms with Gasteiger partial charge in [0, 0.05) is 26.2 Å². The van der Waals surface area contributed by atoms with Crippen LogP contribution in [0.5, 0.6) is 5.75 Å². The Morgan fingerprint density at radius 2 is 1.95 bits per heavy atom. The van der Waals surface area contributed by atoms with E-state index < -0.39 is 17.7 Å². The van der Waals surface area contributed by atoms with Crippen LogP contribution in [0.4, 0.5) is 4.39 Å². The summed E-state index contributed by atoms with van der Waals surface area (Å²) in [7, 11) is 1.39. The highest BCUT2D eigenvalue weighted by Gasteiger charge is 2.27. The summed E-state index contributed by atoms with van der Waals surface area (Å²) in [5.74, 6) is -1.74. The van der Waals surface area contributed by atoms with Crippen molar-refractivity contribution < 1.29 is 23.8 Å². The van der Waals surface area contributed by atoms with E-state index >= 15 is 0 Å². The van der Waals surface area contributed by atoms with Crippen molar-refractivity contribution in [1.29, 1.82) is 0 Å². The maximum absolute atomic E-state index is 13.9. The molecule has 2 rings (SSSR count). The molecule has 0 aliphatic carbocycles. The number of benzene rings is 1. The number of nitrogens with zero attached hydrogens (tertiary/aromatic N) is 2. The minimum Gasteiger partial charge on any atom is -0.496 e. The smallest absolute Gasteiger partial charge is 0.317 e. The van der Waals surface area contributed by atoms with Gasteiger partial charge in [-0.1, -0.05) is 6.07 Å². The maximum Gasteiger partial charge on any atom is 0.317 e. The van der Waals surface area contributed by atoms with Gasteiger partial charge >= 0.3 is 5.97 Å². The number of carboxylic acid groups (broad SMARTS) is 1. The van der Waals surface area contributed by atoms with E-state index in [9.17, 15) is 14.0 Å². The van der Waals surface area contributed by atoms with Crippen LogP contribution in [0, 0.1) is 5.82 Å². The number of rotatable bonds is 4. The van der Waals surface area contributed by atoms with Crippen LogP contribution in [0.3, 0.4) is 0 Å². The van der Waals surface area contributed by atoms with Gasteiger partial charge in [0.2, 0.25) is 0 Å². The zero-order chi connectivity index (χ0) is 15.4. The molecule has 0 aromatic heterocycles. The lowest BCUT2D eigenvalue weighted by Gasteiger charge is -2.34. The molecule has 7 heteroatoms. The summed E-state index contributed by atoms with van der Waals surface area (Å²) in [6, 6.07) is 4.24. The van der Waals surface area contributed by atoms with Gasteiger partial charge in [0.25, 0.3) is 5.91 Å². The van der Waals surface area contributed by atoms with Crippen LogP contribution in [-0.2, 0) is 4.79 Å². The lowest BCUT2D eigenvalue weighted by molar-refractivity contribution is -0.138. The van der Waals surface area contributed by atoms with Gasteiger partial charge < -0.3 is 14.7 Å². The van der Waals surface area contributed by atoms with E-state index in [0.29, 0.717) is 26.2 Å². The van der Waals surface area contributed by atoms with Crippen molar-refractivity contribution in [2.24, 2.45) is 0 Å². The molecule has 114 valence electrons. The second-order valence-electron chi connectivity index (χ2n) is 4.78. The highest BCUT2D eigenvalue weighted by molar-refractivity contribution is 5.97. The van der Waals surface area contributed by atoms with Crippen LogP contribution in [-0.4, -0.2) is 66.6 Å². The first-order valence-corrected chi connectivity index (χ1v) is 6.59. The fourth-order valence-corrected chi connectivity index (χ4v) is 2.34. The van der Waals surface area contributed by atoms with Crippen molar-refractivity contribution in [3.05, 3.63) is 29.6 Å². The molecule has 21 heavy (non-hydrogen) atoms. The minimum absolute atomic E-state index is 0.0505. The van der Waals surface area contributed by atoms with Gasteiger partial charge in [-0.25, -0.2) is 4.39 Å². The fourth-order valence-electron chi connectivity index (χ4n) is 2.34. The average Bonchev–Trinajstić information content (AvgIpc) is 2.46. The zero-order valence-corrected chi connectivity index (χ0v) is 11.7. The van der Waals surface area contributed by atoms with Crippen LogP contribution in [0.25, 0.3) is 0 Å². The van der Waals surface area contributed by atoms with Crippen LogP contribution in [0.1, 0.15) is 10.4 Å². The Morgan fingerprint density at radius 1 is 1.29 bits per heavy atom. The Bertz CT molecular complexity index is 542. The van der Waals surface area contributed by atoms with Crippen molar-refractivity contribution in [3.8, 4) is 5.75 Å². The topological polar surface area (TPSA) is 70.1 Å². The van der Waals surface area contributed by atoms with E-state index in [4.69, 9.17) is 9.84 Å². The van der Waals surface area contributed by atoms with Gasteiger partial charge in [0.15, 0.2) is 0 Å². The number of carbonyl (C=O) groups is 2. The van der Waals surface area contributed by atoms with E-state index in [1.807, 2.05) is 0 Å². The van der Waals surface area contributed by atoms with Gasteiger partial charge in [-0.15, -0.1) is 0 Å². The van der Waals surface area contributed by atoms with E-state index in [1.165, 1.54) is 30.2 Å². The molecule has 1 aromatic rings. The molecule has 1 saturated heterocycles. The Labute approximate surface area is 121 Å². The molecule has 1 aliphatic rings. The van der Waals surface area contributed by atoms with Crippen molar-refractivity contribution >= 4 is 11.9 Å². The molecule has 0 saturated carbocycles. The van der Waals surface area contributed by atoms with Crippen LogP contribution < -0.4 is 4.74 Å². The van der Waals surface area contributed by atoms with Crippen molar-refractivity contribution in [2.45, 2.75) is 0 Å². The second kappa shape index (κ2) is 6.53. The second-order valence-corrected chi connectivity index (χ2v) is 4.78. The summed E-state index contributed by atoms with van der Waals surface area (Å²) in [4.78, 5) is 26.3. The molecule has 1 aromatic carbocycles. The molecule has 1 fully saturated rings. The Hall–Kier alpha value is -2.15. The number of carbonyl (C=O) groups excluding carboxylic acids is 1. The highest BCUT2D eigenvalue weighted by atomic mass is 19.1. The number of amides is 1. The number of aliphatic carboxylic acids is 1. The molecule has 0 bridgehead atoms. The Balaban J connectivity index is 2.07. The first-order chi connectivity index (χ1) is 10.0. The van der Waals surface area contributed by atoms with E-state index in [-0.39, 0.29) is 17.9 Å². The lowest BCUT2D eigenvalue weighted by atomic mass is 10.1. The summed E-state index contributed by atoms with van der Waals surface area (Å²) in [6.45, 7) is 1.59. The van der Waals surface area contributed by atoms with Crippen molar-refractivity contribution in [2.75, 3.05) is 39.8 Å². The Kier molecular flexibility index (Phi) is 4.74. The largest absolute Gasteiger partial charge is 0.496 e. The van der Waals surface area contributed by atoms with Crippen LogP contribution >= 0.6 is 0 Å². The first kappa shape index (κ1) is 15.2. The predicted molar refractivity (Wildman–Crippen MR) is 72.9 cm³/mol. The number of carboxylic acids is 1. The maximum atomic E-state index is 13.9. The lowest BCUT2D eigenvalue weighted by Crippen LogP contribution is -2.50. The third-order valence-corrected chi connectivity index (χ3v) is 3.43. The zero-order valence-electron chi connectivity index (χ0n) is 11.7. The standard InChI is InChI=1S/C14H17FN2O4/c1-21-11-4-2-3-10(15)13(11)14(20)17-7-5-16(6-8-17)9-12(18)19/h2-4H,5-9H2,1H3,(H,18,19). The first-order valence-electron chi connectivity index (χ1n) is 6.59. The Morgan fingerprint density at radius 3 is 2.52 bits per heavy atom. The minimum atomic E-state index is -0.898. The van der Waals surface area contributed by atoms with E-state index in [1.54, 1.807) is 4.90 Å². The molecule has 1 heterocycles. The molecule has 0 radical (unpaired) electrons. The number of halogens is 1.